The summed E-state index contributed by atoms with van der Waals surface area (Å²) in [6.07, 6.45) is 2.30. The van der Waals surface area contributed by atoms with Crippen LogP contribution >= 0.6 is 23.6 Å². The van der Waals surface area contributed by atoms with Gasteiger partial charge in [0.1, 0.15) is 0 Å². The fourth-order valence-electron chi connectivity index (χ4n) is 3.59. The van der Waals surface area contributed by atoms with Gasteiger partial charge < -0.3 is 9.88 Å². The van der Waals surface area contributed by atoms with Gasteiger partial charge in [0, 0.05) is 24.4 Å². The molecule has 4 rings (SSSR count). The summed E-state index contributed by atoms with van der Waals surface area (Å²) in [5.74, 6) is 0.0790. The number of rotatable bonds is 4. The second-order valence-corrected chi connectivity index (χ2v) is 7.81. The predicted molar refractivity (Wildman–Crippen MR) is 106 cm³/mol. The molecule has 3 aromatic rings. The van der Waals surface area contributed by atoms with Crippen LogP contribution in [0.15, 0.2) is 46.6 Å². The summed E-state index contributed by atoms with van der Waals surface area (Å²) >= 11 is 7.02. The van der Waals surface area contributed by atoms with Crippen molar-refractivity contribution in [1.82, 2.24) is 14.5 Å². The van der Waals surface area contributed by atoms with Gasteiger partial charge in [-0.05, 0) is 48.6 Å². The Labute approximate surface area is 159 Å². The molecule has 1 atom stereocenters. The molecule has 0 spiro atoms. The zero-order valence-corrected chi connectivity index (χ0v) is 15.8. The van der Waals surface area contributed by atoms with E-state index in [9.17, 15) is 9.59 Å². The van der Waals surface area contributed by atoms with Crippen molar-refractivity contribution in [2.24, 2.45) is 0 Å². The molecule has 1 aliphatic heterocycles. The van der Waals surface area contributed by atoms with E-state index in [0.717, 1.165) is 24.9 Å². The van der Waals surface area contributed by atoms with Crippen LogP contribution in [0.25, 0.3) is 10.9 Å². The van der Waals surface area contributed by atoms with Crippen molar-refractivity contribution < 1.29 is 4.79 Å². The number of nitrogens with zero attached hydrogens (tertiary/aromatic N) is 2. The summed E-state index contributed by atoms with van der Waals surface area (Å²) in [5, 5.41) is 2.63. The van der Waals surface area contributed by atoms with E-state index in [-0.39, 0.29) is 23.9 Å². The van der Waals surface area contributed by atoms with E-state index < -0.39 is 0 Å². The topological polar surface area (TPSA) is 58.1 Å². The Morgan fingerprint density at radius 1 is 1.27 bits per heavy atom. The van der Waals surface area contributed by atoms with Crippen LogP contribution in [0.3, 0.4) is 0 Å². The van der Waals surface area contributed by atoms with Crippen LogP contribution in [0.4, 0.5) is 0 Å². The lowest BCUT2D eigenvalue weighted by molar-refractivity contribution is -0.132. The average molecular weight is 386 g/mol. The minimum absolute atomic E-state index is 0.0790. The van der Waals surface area contributed by atoms with Gasteiger partial charge in [-0.1, -0.05) is 18.2 Å². The Bertz CT molecular complexity index is 1050. The standard InChI is InChI=1S/C19H19N3O2S2/c23-17(21-10-3-7-15(21)16-8-4-12-26-16)9-11-22-18(24)13-5-1-2-6-14(13)20-19(22)25/h1-2,4-6,8,12,15H,3,7,9-11H2,(H,20,25). The minimum Gasteiger partial charge on any atom is -0.335 e. The molecule has 0 saturated carbocycles. The normalized spacial score (nSPS) is 17.1. The lowest BCUT2D eigenvalue weighted by atomic mass is 10.2. The van der Waals surface area contributed by atoms with Gasteiger partial charge in [-0.15, -0.1) is 11.3 Å². The van der Waals surface area contributed by atoms with Crippen molar-refractivity contribution in [3.05, 3.63) is 61.8 Å². The van der Waals surface area contributed by atoms with Crippen LogP contribution < -0.4 is 5.56 Å². The molecule has 2 aromatic heterocycles. The van der Waals surface area contributed by atoms with Gasteiger partial charge in [-0.2, -0.15) is 0 Å². The van der Waals surface area contributed by atoms with Crippen LogP contribution in [0, 0.1) is 4.77 Å². The maximum Gasteiger partial charge on any atom is 0.262 e. The molecule has 0 radical (unpaired) electrons. The lowest BCUT2D eigenvalue weighted by Crippen LogP contribution is -2.32. The molecular formula is C19H19N3O2S2. The van der Waals surface area contributed by atoms with E-state index in [2.05, 4.69) is 11.1 Å². The number of thiophene rings is 1. The number of carbonyl (C=O) groups excluding carboxylic acids is 1. The van der Waals surface area contributed by atoms with E-state index in [0.29, 0.717) is 16.7 Å². The number of hydrogen-bond acceptors (Lipinski definition) is 4. The monoisotopic (exact) mass is 385 g/mol. The van der Waals surface area contributed by atoms with Gasteiger partial charge in [-0.3, -0.25) is 14.2 Å². The number of benzene rings is 1. The van der Waals surface area contributed by atoms with E-state index in [1.165, 1.54) is 9.44 Å². The maximum atomic E-state index is 12.8. The van der Waals surface area contributed by atoms with Gasteiger partial charge in [0.25, 0.3) is 5.56 Å². The van der Waals surface area contributed by atoms with Crippen LogP contribution in [-0.2, 0) is 11.3 Å². The second kappa shape index (κ2) is 7.17. The SMILES string of the molecule is O=C(CCn1c(=S)[nH]c2ccccc2c1=O)N1CCCC1c1cccs1. The fraction of sp³-hybridized carbons (Fsp3) is 0.316. The zero-order chi connectivity index (χ0) is 18.1. The van der Waals surface area contributed by atoms with Gasteiger partial charge in [0.05, 0.1) is 16.9 Å². The molecule has 26 heavy (non-hydrogen) atoms. The third-order valence-electron chi connectivity index (χ3n) is 4.88. The van der Waals surface area contributed by atoms with E-state index in [1.54, 1.807) is 17.4 Å². The first-order valence-electron chi connectivity index (χ1n) is 8.70. The van der Waals surface area contributed by atoms with Crippen molar-refractivity contribution in [3.8, 4) is 0 Å². The molecule has 1 N–H and O–H groups in total. The van der Waals surface area contributed by atoms with Crippen molar-refractivity contribution in [2.75, 3.05) is 6.54 Å². The molecule has 0 bridgehead atoms. The molecule has 7 heteroatoms. The minimum atomic E-state index is -0.145. The highest BCUT2D eigenvalue weighted by molar-refractivity contribution is 7.71. The number of aromatic nitrogens is 2. The smallest absolute Gasteiger partial charge is 0.262 e. The third-order valence-corrected chi connectivity index (χ3v) is 6.18. The van der Waals surface area contributed by atoms with Crippen LogP contribution in [0.2, 0.25) is 0 Å². The van der Waals surface area contributed by atoms with Crippen molar-refractivity contribution in [2.45, 2.75) is 31.8 Å². The molecule has 1 aliphatic rings. The van der Waals surface area contributed by atoms with Crippen molar-refractivity contribution >= 4 is 40.4 Å². The maximum absolute atomic E-state index is 12.8. The zero-order valence-electron chi connectivity index (χ0n) is 14.2. The Kier molecular flexibility index (Phi) is 4.74. The molecule has 1 saturated heterocycles. The number of hydrogen-bond donors (Lipinski definition) is 1. The first-order valence-corrected chi connectivity index (χ1v) is 9.98. The molecule has 1 aromatic carbocycles. The number of fused-ring (bicyclic) bond motifs is 1. The summed E-state index contributed by atoms with van der Waals surface area (Å²) in [6, 6.07) is 11.6. The van der Waals surface area contributed by atoms with E-state index in [4.69, 9.17) is 12.2 Å². The quantitative estimate of drug-likeness (QED) is 0.694. The number of aromatic amines is 1. The molecule has 0 aliphatic carbocycles. The molecule has 3 heterocycles. The number of nitrogens with one attached hydrogen (secondary N) is 1. The average Bonchev–Trinajstić information content (AvgIpc) is 3.32. The van der Waals surface area contributed by atoms with E-state index >= 15 is 0 Å². The van der Waals surface area contributed by atoms with Gasteiger partial charge >= 0.3 is 0 Å². The highest BCUT2D eigenvalue weighted by Crippen LogP contribution is 2.34. The Morgan fingerprint density at radius 2 is 2.12 bits per heavy atom. The highest BCUT2D eigenvalue weighted by Gasteiger charge is 2.30. The molecule has 5 nitrogen and oxygen atoms in total. The highest BCUT2D eigenvalue weighted by atomic mass is 32.1. The summed E-state index contributed by atoms with van der Waals surface area (Å²) in [7, 11) is 0. The Hall–Kier alpha value is -2.25. The van der Waals surface area contributed by atoms with Crippen molar-refractivity contribution in [1.29, 1.82) is 0 Å². The molecular weight excluding hydrogens is 366 g/mol. The van der Waals surface area contributed by atoms with Crippen LogP contribution in [-0.4, -0.2) is 26.9 Å². The largest absolute Gasteiger partial charge is 0.335 e. The van der Waals surface area contributed by atoms with Gasteiger partial charge in [0.2, 0.25) is 5.91 Å². The number of carbonyl (C=O) groups is 1. The number of amides is 1. The second-order valence-electron chi connectivity index (χ2n) is 6.44. The first-order chi connectivity index (χ1) is 12.6. The van der Waals surface area contributed by atoms with Crippen LogP contribution in [0.5, 0.6) is 0 Å². The van der Waals surface area contributed by atoms with Crippen LogP contribution in [0.1, 0.15) is 30.2 Å². The summed E-state index contributed by atoms with van der Waals surface area (Å²) in [6.45, 7) is 1.08. The summed E-state index contributed by atoms with van der Waals surface area (Å²) < 4.78 is 1.85. The predicted octanol–water partition coefficient (Wildman–Crippen LogP) is 3.87. The van der Waals surface area contributed by atoms with E-state index in [1.807, 2.05) is 34.5 Å². The number of likely N-dealkylation sites (tertiary alicyclic amines) is 1. The first kappa shape index (κ1) is 17.2. The molecule has 1 unspecified atom stereocenters. The van der Waals surface area contributed by atoms with Crippen molar-refractivity contribution in [3.63, 3.8) is 0 Å². The molecule has 1 amide bonds. The molecule has 134 valence electrons. The third kappa shape index (κ3) is 3.12. The Morgan fingerprint density at radius 3 is 2.92 bits per heavy atom. The molecule has 1 fully saturated rings. The lowest BCUT2D eigenvalue weighted by Gasteiger charge is -2.24. The summed E-state index contributed by atoms with van der Waals surface area (Å²) in [5.41, 5.74) is 0.579. The summed E-state index contributed by atoms with van der Waals surface area (Å²) in [4.78, 5) is 31.7. The Balaban J connectivity index is 1.54. The fourth-order valence-corrected chi connectivity index (χ4v) is 4.75. The van der Waals surface area contributed by atoms with Gasteiger partial charge in [-0.25, -0.2) is 0 Å². The number of H-pyrrole nitrogens is 1. The van der Waals surface area contributed by atoms with Gasteiger partial charge in [0.15, 0.2) is 4.77 Å². The number of para-hydroxylation sites is 1.